The fourth-order valence-corrected chi connectivity index (χ4v) is 27.9. The van der Waals surface area contributed by atoms with E-state index in [1.807, 2.05) is 6.07 Å². The topological polar surface area (TPSA) is 0 Å². The summed E-state index contributed by atoms with van der Waals surface area (Å²) in [7, 11) is 0. The molecule has 0 saturated heterocycles. The van der Waals surface area contributed by atoms with Gasteiger partial charge in [0.05, 0.1) is 0 Å². The van der Waals surface area contributed by atoms with Crippen molar-refractivity contribution in [2.75, 3.05) is 0 Å². The predicted octanol–water partition coefficient (Wildman–Crippen LogP) is 12.5. The van der Waals surface area contributed by atoms with Gasteiger partial charge in [0.25, 0.3) is 0 Å². The number of fused-ring (bicyclic) bond motifs is 4. The summed E-state index contributed by atoms with van der Waals surface area (Å²) in [5, 5.41) is 3.34. The third-order valence-electron chi connectivity index (χ3n) is 12.4. The quantitative estimate of drug-likeness (QED) is 0.167. The van der Waals surface area contributed by atoms with Gasteiger partial charge in [-0.3, -0.25) is 0 Å². The SMILES string of the molecule is [CH2]=[Zr]([C]1=CC=CC1)([c]1cccc(Cl)c1)([c]1c2c(cc(C(C)(C)C)c1C(C)(C)C)-c1cc(C(C)(C)C)c(C(C)(C)C)cc1C2)[c]1cccc2ccccc12. The molecule has 2 aliphatic rings. The molecule has 0 bridgehead atoms. The van der Waals surface area contributed by atoms with Gasteiger partial charge in [-0.25, -0.2) is 0 Å². The summed E-state index contributed by atoms with van der Waals surface area (Å²) in [5.74, 6) is 0. The number of rotatable bonds is 4. The van der Waals surface area contributed by atoms with E-state index in [0.29, 0.717) is 0 Å². The van der Waals surface area contributed by atoms with Crippen LogP contribution in [-0.4, -0.2) is 4.21 Å². The van der Waals surface area contributed by atoms with Crippen molar-refractivity contribution in [2.45, 2.75) is 118 Å². The third kappa shape index (κ3) is 5.91. The monoisotopic (exact) mass is 796 g/mol. The Morgan fingerprint density at radius 1 is 0.623 bits per heavy atom. The van der Waals surface area contributed by atoms with E-state index < -0.39 is 18.3 Å². The van der Waals surface area contributed by atoms with Gasteiger partial charge in [-0.05, 0) is 0 Å². The molecule has 0 aliphatic heterocycles. The first-order valence-corrected chi connectivity index (χ1v) is 26.6. The number of hydrogen-bond donors (Lipinski definition) is 0. The van der Waals surface area contributed by atoms with E-state index in [1.165, 1.54) is 68.4 Å². The molecule has 5 aromatic rings. The number of halogens is 1. The summed E-state index contributed by atoms with van der Waals surface area (Å²) in [6, 6.07) is 32.7. The molecular formula is C51H59ClZr. The Balaban J connectivity index is 1.81. The van der Waals surface area contributed by atoms with Crippen molar-refractivity contribution in [3.63, 3.8) is 0 Å². The van der Waals surface area contributed by atoms with E-state index in [-0.39, 0.29) is 21.7 Å². The summed E-state index contributed by atoms with van der Waals surface area (Å²) in [6.07, 6.45) is 8.87. The van der Waals surface area contributed by atoms with E-state index >= 15 is 0 Å². The molecule has 0 radical (unpaired) electrons. The number of allylic oxidation sites excluding steroid dienone is 4. The van der Waals surface area contributed by atoms with Crippen molar-refractivity contribution in [3.8, 4) is 11.1 Å². The molecule has 2 aliphatic carbocycles. The predicted molar refractivity (Wildman–Crippen MR) is 233 cm³/mol. The zero-order chi connectivity index (χ0) is 38.5. The normalized spacial score (nSPS) is 15.2. The maximum atomic E-state index is 7.13. The Morgan fingerprint density at radius 2 is 1.23 bits per heavy atom. The van der Waals surface area contributed by atoms with Gasteiger partial charge in [0, 0.05) is 0 Å². The average Bonchev–Trinajstić information content (AvgIpc) is 3.74. The second-order valence-electron chi connectivity index (χ2n) is 20.3. The average molecular weight is 799 g/mol. The zero-order valence-corrected chi connectivity index (χ0v) is 37.5. The van der Waals surface area contributed by atoms with Crippen molar-refractivity contribution >= 4 is 36.4 Å². The van der Waals surface area contributed by atoms with Gasteiger partial charge in [-0.15, -0.1) is 0 Å². The van der Waals surface area contributed by atoms with Crippen LogP contribution in [0.5, 0.6) is 0 Å². The van der Waals surface area contributed by atoms with Crippen LogP contribution in [0.25, 0.3) is 21.9 Å². The standard InChI is InChI=1S/C29H41.C10H7.C6H4Cl.C5H5.CH2.Zr/c1-26(2,3)22-14-18-13-19-15-23(27(4,5)6)25(29(10,11)12)17-21(19)20(18)16-24(22)28(7,8)9;1-2-6-10-8-4-3-7-9(10)5-1;7-6-4-2-1-3-5-6;1-2-4-5-3-1;;/h14,16-17H,13H2,1-12H3;1-7H;1-2,4-5H;1-3H,4H2;1H2;. The molecule has 0 N–H and O–H groups in total. The Morgan fingerprint density at radius 3 is 1.83 bits per heavy atom. The minimum atomic E-state index is -5.30. The first-order chi connectivity index (χ1) is 24.6. The molecule has 0 unspecified atom stereocenters. The molecule has 5 aromatic carbocycles. The Bertz CT molecular complexity index is 2430. The molecule has 0 amide bonds. The Hall–Kier alpha value is -3.12. The molecule has 7 rings (SSSR count). The van der Waals surface area contributed by atoms with Crippen molar-refractivity contribution in [2.24, 2.45) is 0 Å². The zero-order valence-electron chi connectivity index (χ0n) is 34.3. The summed E-state index contributed by atoms with van der Waals surface area (Å²) < 4.78 is 11.7. The van der Waals surface area contributed by atoms with E-state index in [0.717, 1.165) is 17.9 Å². The maximum absolute atomic E-state index is 7.13. The number of hydrogen-bond acceptors (Lipinski definition) is 0. The third-order valence-corrected chi connectivity index (χ3v) is 29.0. The molecule has 0 fully saturated rings. The van der Waals surface area contributed by atoms with Gasteiger partial charge in [0.1, 0.15) is 0 Å². The van der Waals surface area contributed by atoms with Crippen LogP contribution in [0, 0.1) is 0 Å². The molecule has 0 saturated carbocycles. The van der Waals surface area contributed by atoms with Crippen LogP contribution >= 0.6 is 11.6 Å². The summed E-state index contributed by atoms with van der Waals surface area (Å²) >= 11 is 1.82. The molecule has 2 heteroatoms. The van der Waals surface area contributed by atoms with E-state index in [9.17, 15) is 0 Å². The van der Waals surface area contributed by atoms with Crippen molar-refractivity contribution in [1.82, 2.24) is 0 Å². The first kappa shape index (κ1) is 38.2. The van der Waals surface area contributed by atoms with E-state index in [4.69, 9.17) is 15.8 Å². The Kier molecular flexibility index (Phi) is 8.97. The van der Waals surface area contributed by atoms with Gasteiger partial charge in [0.2, 0.25) is 0 Å². The fraction of sp³-hybridized carbons (Fsp3) is 0.353. The van der Waals surface area contributed by atoms with Gasteiger partial charge in [0.15, 0.2) is 0 Å². The number of benzene rings is 5. The molecule has 0 atom stereocenters. The molecule has 0 aromatic heterocycles. The van der Waals surface area contributed by atoms with Crippen LogP contribution in [0.4, 0.5) is 0 Å². The minimum absolute atomic E-state index is 0.00199. The van der Waals surface area contributed by atoms with Gasteiger partial charge >= 0.3 is 328 Å². The molecule has 53 heavy (non-hydrogen) atoms. The van der Waals surface area contributed by atoms with Crippen molar-refractivity contribution in [1.29, 1.82) is 0 Å². The fourth-order valence-electron chi connectivity index (χ4n) is 9.95. The second kappa shape index (κ2) is 12.4. The van der Waals surface area contributed by atoms with Gasteiger partial charge in [-0.2, -0.15) is 0 Å². The molecule has 0 spiro atoms. The van der Waals surface area contributed by atoms with Crippen LogP contribution in [0.1, 0.15) is 123 Å². The van der Waals surface area contributed by atoms with Crippen LogP contribution in [0.3, 0.4) is 0 Å². The summed E-state index contributed by atoms with van der Waals surface area (Å²) in [5.41, 5.74) is 11.3. The van der Waals surface area contributed by atoms with E-state index in [1.54, 1.807) is 0 Å². The van der Waals surface area contributed by atoms with Gasteiger partial charge in [-0.1, -0.05) is 0 Å². The van der Waals surface area contributed by atoms with Crippen molar-refractivity contribution in [3.05, 3.63) is 145 Å². The molecule has 0 heterocycles. The van der Waals surface area contributed by atoms with Crippen LogP contribution < -0.4 is 9.81 Å². The molecule has 0 nitrogen and oxygen atoms in total. The summed E-state index contributed by atoms with van der Waals surface area (Å²) in [4.78, 5) is 0. The molecular weight excluding hydrogens is 739 g/mol. The van der Waals surface area contributed by atoms with E-state index in [2.05, 4.69) is 180 Å². The molecule has 274 valence electrons. The van der Waals surface area contributed by atoms with Crippen molar-refractivity contribution < 1.29 is 18.3 Å². The van der Waals surface area contributed by atoms with Crippen LogP contribution in [0.2, 0.25) is 5.02 Å². The van der Waals surface area contributed by atoms with Crippen LogP contribution in [-0.2, 0) is 46.4 Å². The second-order valence-corrected chi connectivity index (χ2v) is 33.4. The first-order valence-electron chi connectivity index (χ1n) is 19.6. The summed E-state index contributed by atoms with van der Waals surface area (Å²) in [6.45, 7) is 28.8. The van der Waals surface area contributed by atoms with Gasteiger partial charge < -0.3 is 0 Å². The Labute approximate surface area is 326 Å². The van der Waals surface area contributed by atoms with Crippen LogP contribution in [0.15, 0.2) is 106 Å².